The summed E-state index contributed by atoms with van der Waals surface area (Å²) in [5.74, 6) is -0.536. The van der Waals surface area contributed by atoms with Gasteiger partial charge in [-0.05, 0) is 24.1 Å². The lowest BCUT2D eigenvalue weighted by molar-refractivity contribution is -0.144. The first-order valence-electron chi connectivity index (χ1n) is 9.10. The third kappa shape index (κ3) is 3.71. The maximum absolute atomic E-state index is 12.5. The van der Waals surface area contributed by atoms with Crippen molar-refractivity contribution in [3.8, 4) is 5.75 Å². The predicted molar refractivity (Wildman–Crippen MR) is 106 cm³/mol. The maximum atomic E-state index is 12.5. The number of benzene rings is 2. The van der Waals surface area contributed by atoms with Gasteiger partial charge in [0.25, 0.3) is 0 Å². The number of hydrogen-bond donors (Lipinski definition) is 2. The van der Waals surface area contributed by atoms with Crippen molar-refractivity contribution in [2.45, 2.75) is 25.2 Å². The second kappa shape index (κ2) is 8.17. The number of fused-ring (bicyclic) bond motifs is 1. The van der Waals surface area contributed by atoms with Crippen LogP contribution in [0, 0.1) is 0 Å². The second-order valence-corrected chi connectivity index (χ2v) is 6.68. The minimum atomic E-state index is -1.16. The molecular weight excluding hydrogens is 358 g/mol. The second-order valence-electron chi connectivity index (χ2n) is 6.68. The van der Waals surface area contributed by atoms with E-state index in [9.17, 15) is 14.7 Å². The van der Waals surface area contributed by atoms with Gasteiger partial charge in [-0.3, -0.25) is 9.59 Å². The lowest BCUT2D eigenvalue weighted by Crippen LogP contribution is -2.46. The summed E-state index contributed by atoms with van der Waals surface area (Å²) >= 11 is 0. The molecule has 0 spiro atoms. The quantitative estimate of drug-likeness (QED) is 0.623. The molecule has 2 aromatic carbocycles. The zero-order valence-corrected chi connectivity index (χ0v) is 15.9. The van der Waals surface area contributed by atoms with Gasteiger partial charge in [0.15, 0.2) is 0 Å². The normalized spacial score (nSPS) is 13.1. The van der Waals surface area contributed by atoms with Crippen LogP contribution in [-0.2, 0) is 21.4 Å². The summed E-state index contributed by atoms with van der Waals surface area (Å²) in [6.45, 7) is 1.83. The van der Waals surface area contributed by atoms with Crippen molar-refractivity contribution in [1.29, 1.82) is 0 Å². The average molecular weight is 381 g/mol. The molecule has 0 saturated heterocycles. The summed E-state index contributed by atoms with van der Waals surface area (Å²) in [5.41, 5.74) is 0.890. The number of hydrogen-bond acceptors (Lipinski definition) is 4. The van der Waals surface area contributed by atoms with Crippen molar-refractivity contribution in [1.82, 2.24) is 5.32 Å². The Hall–Kier alpha value is -3.28. The molecule has 3 aromatic rings. The molecule has 0 saturated carbocycles. The number of nitrogens with one attached hydrogen (secondary N) is 1. The first-order valence-corrected chi connectivity index (χ1v) is 9.10. The molecule has 0 aliphatic heterocycles. The zero-order valence-electron chi connectivity index (χ0n) is 15.9. The number of furan rings is 1. The highest BCUT2D eigenvalue weighted by Gasteiger charge is 2.38. The maximum Gasteiger partial charge on any atom is 0.315 e. The van der Waals surface area contributed by atoms with Crippen LogP contribution in [0.1, 0.15) is 24.5 Å². The molecule has 0 bridgehead atoms. The van der Waals surface area contributed by atoms with Crippen LogP contribution in [0.15, 0.2) is 59.2 Å². The molecule has 1 amide bonds. The summed E-state index contributed by atoms with van der Waals surface area (Å²) in [6, 6.07) is 14.4. The number of carbonyl (C=O) groups excluding carboxylic acids is 1. The van der Waals surface area contributed by atoms with Crippen LogP contribution in [0.5, 0.6) is 5.75 Å². The summed E-state index contributed by atoms with van der Waals surface area (Å²) in [4.78, 5) is 24.6. The number of aliphatic carboxylic acids is 1. The minimum Gasteiger partial charge on any atom is -0.497 e. The van der Waals surface area contributed by atoms with Crippen LogP contribution in [0.2, 0.25) is 0 Å². The fourth-order valence-electron chi connectivity index (χ4n) is 3.35. The first-order chi connectivity index (χ1) is 13.5. The van der Waals surface area contributed by atoms with E-state index >= 15 is 0 Å². The number of amides is 1. The molecule has 3 rings (SSSR count). The summed E-state index contributed by atoms with van der Waals surface area (Å²) in [6.07, 6.45) is 2.01. The van der Waals surface area contributed by atoms with Gasteiger partial charge < -0.3 is 19.6 Å². The van der Waals surface area contributed by atoms with Crippen LogP contribution in [-0.4, -0.2) is 30.6 Å². The van der Waals surface area contributed by atoms with Gasteiger partial charge in [-0.25, -0.2) is 0 Å². The SMILES string of the molecule is CCC(CNC(=O)Cc1coc2cc(OC)ccc12)(C(=O)O)c1ccccc1. The van der Waals surface area contributed by atoms with E-state index in [1.54, 1.807) is 49.8 Å². The van der Waals surface area contributed by atoms with Crippen LogP contribution < -0.4 is 10.1 Å². The molecule has 2 N–H and O–H groups in total. The number of carbonyl (C=O) groups is 2. The Labute approximate surface area is 163 Å². The van der Waals surface area contributed by atoms with Gasteiger partial charge in [-0.15, -0.1) is 0 Å². The van der Waals surface area contributed by atoms with Crippen molar-refractivity contribution in [3.05, 3.63) is 65.9 Å². The average Bonchev–Trinajstić information content (AvgIpc) is 3.11. The van der Waals surface area contributed by atoms with E-state index in [0.717, 1.165) is 10.9 Å². The molecule has 0 aliphatic carbocycles. The molecular formula is C22H23NO5. The molecule has 6 heteroatoms. The standard InChI is InChI=1S/C22H23NO5/c1-3-22(21(25)26,16-7-5-4-6-8-16)14-23-20(24)11-15-13-28-19-12-17(27-2)9-10-18(15)19/h4-10,12-13H,3,11,14H2,1-2H3,(H,23,24)(H,25,26). The molecule has 1 aromatic heterocycles. The number of ether oxygens (including phenoxy) is 1. The van der Waals surface area contributed by atoms with E-state index < -0.39 is 11.4 Å². The molecule has 28 heavy (non-hydrogen) atoms. The van der Waals surface area contributed by atoms with Gasteiger partial charge >= 0.3 is 5.97 Å². The largest absolute Gasteiger partial charge is 0.497 e. The Morgan fingerprint density at radius 1 is 1.18 bits per heavy atom. The zero-order chi connectivity index (χ0) is 20.1. The molecule has 146 valence electrons. The van der Waals surface area contributed by atoms with Gasteiger partial charge in [0.2, 0.25) is 5.91 Å². The fraction of sp³-hybridized carbons (Fsp3) is 0.273. The third-order valence-electron chi connectivity index (χ3n) is 5.14. The molecule has 0 aliphatic rings. The minimum absolute atomic E-state index is 0.0191. The fourth-order valence-corrected chi connectivity index (χ4v) is 3.35. The molecule has 0 fully saturated rings. The molecule has 1 unspecified atom stereocenters. The number of rotatable bonds is 8. The van der Waals surface area contributed by atoms with Gasteiger partial charge in [0.1, 0.15) is 16.7 Å². The van der Waals surface area contributed by atoms with Crippen molar-refractivity contribution in [3.63, 3.8) is 0 Å². The smallest absolute Gasteiger partial charge is 0.315 e. The summed E-state index contributed by atoms with van der Waals surface area (Å²) < 4.78 is 10.7. The molecule has 1 heterocycles. The van der Waals surface area contributed by atoms with Crippen LogP contribution >= 0.6 is 0 Å². The Bertz CT molecular complexity index is 979. The van der Waals surface area contributed by atoms with Crippen molar-refractivity contribution in [2.75, 3.05) is 13.7 Å². The Morgan fingerprint density at radius 2 is 1.93 bits per heavy atom. The number of methoxy groups -OCH3 is 1. The predicted octanol–water partition coefficient (Wildman–Crippen LogP) is 3.53. The van der Waals surface area contributed by atoms with E-state index in [0.29, 0.717) is 23.3 Å². The van der Waals surface area contributed by atoms with Crippen LogP contribution in [0.4, 0.5) is 0 Å². The van der Waals surface area contributed by atoms with Crippen LogP contribution in [0.25, 0.3) is 11.0 Å². The Kier molecular flexibility index (Phi) is 5.68. The van der Waals surface area contributed by atoms with Crippen molar-refractivity contribution in [2.24, 2.45) is 0 Å². The lowest BCUT2D eigenvalue weighted by Gasteiger charge is -2.29. The van der Waals surface area contributed by atoms with E-state index in [2.05, 4.69) is 5.32 Å². The number of carboxylic acids is 1. The Morgan fingerprint density at radius 3 is 2.57 bits per heavy atom. The third-order valence-corrected chi connectivity index (χ3v) is 5.14. The first kappa shape index (κ1) is 19.5. The highest BCUT2D eigenvalue weighted by atomic mass is 16.5. The van der Waals surface area contributed by atoms with Gasteiger partial charge in [-0.1, -0.05) is 37.3 Å². The monoisotopic (exact) mass is 381 g/mol. The summed E-state index contributed by atoms with van der Waals surface area (Å²) in [7, 11) is 1.58. The van der Waals surface area contributed by atoms with E-state index in [-0.39, 0.29) is 18.9 Å². The van der Waals surface area contributed by atoms with E-state index in [4.69, 9.17) is 9.15 Å². The van der Waals surface area contributed by atoms with Gasteiger partial charge in [0.05, 0.1) is 19.8 Å². The highest BCUT2D eigenvalue weighted by Crippen LogP contribution is 2.28. The lowest BCUT2D eigenvalue weighted by atomic mass is 9.78. The van der Waals surface area contributed by atoms with E-state index in [1.165, 1.54) is 0 Å². The van der Waals surface area contributed by atoms with Gasteiger partial charge in [-0.2, -0.15) is 0 Å². The Balaban J connectivity index is 1.74. The molecule has 6 nitrogen and oxygen atoms in total. The van der Waals surface area contributed by atoms with E-state index in [1.807, 2.05) is 19.1 Å². The summed E-state index contributed by atoms with van der Waals surface area (Å²) in [5, 5.41) is 13.5. The molecule has 0 radical (unpaired) electrons. The van der Waals surface area contributed by atoms with Crippen molar-refractivity contribution >= 4 is 22.8 Å². The van der Waals surface area contributed by atoms with Crippen molar-refractivity contribution < 1.29 is 23.8 Å². The molecule has 1 atom stereocenters. The van der Waals surface area contributed by atoms with Crippen LogP contribution in [0.3, 0.4) is 0 Å². The number of carboxylic acid groups (broad SMARTS) is 1. The highest BCUT2D eigenvalue weighted by molar-refractivity contribution is 5.89. The van der Waals surface area contributed by atoms with Gasteiger partial charge in [0, 0.05) is 23.6 Å². The topological polar surface area (TPSA) is 88.8 Å².